The van der Waals surface area contributed by atoms with Crippen molar-refractivity contribution >= 4 is 22.5 Å². The molecule has 2 atom stereocenters. The van der Waals surface area contributed by atoms with E-state index in [1.807, 2.05) is 37.5 Å². The van der Waals surface area contributed by atoms with Crippen LogP contribution in [0, 0.1) is 0 Å². The van der Waals surface area contributed by atoms with Gasteiger partial charge in [-0.3, -0.25) is 14.5 Å². The van der Waals surface area contributed by atoms with Crippen molar-refractivity contribution in [2.75, 3.05) is 18.0 Å². The fourth-order valence-electron chi connectivity index (χ4n) is 4.27. The number of nitrogens with zero attached hydrogens (tertiary/aromatic N) is 6. The minimum absolute atomic E-state index is 0.00303. The maximum absolute atomic E-state index is 13.1. The van der Waals surface area contributed by atoms with Crippen LogP contribution in [0.2, 0.25) is 0 Å². The first-order chi connectivity index (χ1) is 15.9. The molecule has 0 saturated carbocycles. The van der Waals surface area contributed by atoms with Crippen LogP contribution in [0.1, 0.15) is 29.9 Å². The van der Waals surface area contributed by atoms with E-state index >= 15 is 0 Å². The molecule has 1 aliphatic heterocycles. The lowest BCUT2D eigenvalue weighted by Crippen LogP contribution is -2.45. The fourth-order valence-corrected chi connectivity index (χ4v) is 4.27. The Morgan fingerprint density at radius 1 is 1.09 bits per heavy atom. The number of Topliss-reactive ketones (excluding diaryl/α,β-unsaturated/α-hetero) is 1. The highest BCUT2D eigenvalue weighted by atomic mass is 16.5. The van der Waals surface area contributed by atoms with Gasteiger partial charge in [-0.2, -0.15) is 5.10 Å². The van der Waals surface area contributed by atoms with Gasteiger partial charge >= 0.3 is 0 Å². The van der Waals surface area contributed by atoms with Crippen LogP contribution < -0.4 is 4.90 Å². The second kappa shape index (κ2) is 8.71. The van der Waals surface area contributed by atoms with Crippen molar-refractivity contribution in [3.63, 3.8) is 0 Å². The number of carbonyl (C=O) groups excluding carboxylic acids is 1. The zero-order valence-electron chi connectivity index (χ0n) is 19.0. The molecule has 0 spiro atoms. The van der Waals surface area contributed by atoms with Crippen molar-refractivity contribution in [2.45, 2.75) is 32.5 Å². The van der Waals surface area contributed by atoms with Gasteiger partial charge in [0.25, 0.3) is 0 Å². The number of carbonyl (C=O) groups is 1. The van der Waals surface area contributed by atoms with Gasteiger partial charge in [-0.1, -0.05) is 0 Å². The van der Waals surface area contributed by atoms with Crippen molar-refractivity contribution in [3.8, 4) is 11.3 Å². The molecule has 4 aromatic rings. The van der Waals surface area contributed by atoms with Crippen LogP contribution >= 0.6 is 0 Å². The van der Waals surface area contributed by atoms with E-state index in [0.717, 1.165) is 41.1 Å². The largest absolute Gasteiger partial charge is 0.372 e. The van der Waals surface area contributed by atoms with Crippen LogP contribution in [0.25, 0.3) is 22.2 Å². The Morgan fingerprint density at radius 3 is 2.67 bits per heavy atom. The molecule has 5 rings (SSSR count). The normalized spacial score (nSPS) is 18.6. The Balaban J connectivity index is 1.36. The third kappa shape index (κ3) is 4.61. The Labute approximate surface area is 192 Å². The molecule has 168 valence electrons. The quantitative estimate of drug-likeness (QED) is 0.438. The number of rotatable bonds is 5. The van der Waals surface area contributed by atoms with Crippen molar-refractivity contribution in [1.29, 1.82) is 0 Å². The summed E-state index contributed by atoms with van der Waals surface area (Å²) >= 11 is 0. The van der Waals surface area contributed by atoms with E-state index in [4.69, 9.17) is 9.72 Å². The molecule has 1 fully saturated rings. The van der Waals surface area contributed by atoms with E-state index in [-0.39, 0.29) is 24.4 Å². The number of hydrogen-bond donors (Lipinski definition) is 0. The Hall–Kier alpha value is -3.65. The molecule has 0 amide bonds. The van der Waals surface area contributed by atoms with Gasteiger partial charge in [-0.15, -0.1) is 0 Å². The number of ketones is 1. The molecule has 4 aromatic heterocycles. The molecule has 0 aromatic carbocycles. The monoisotopic (exact) mass is 442 g/mol. The number of hydrogen-bond acceptors (Lipinski definition) is 7. The summed E-state index contributed by atoms with van der Waals surface area (Å²) in [5.41, 5.74) is 3.92. The minimum Gasteiger partial charge on any atom is -0.372 e. The number of pyridine rings is 3. The van der Waals surface area contributed by atoms with Gasteiger partial charge in [-0.05, 0) is 44.2 Å². The van der Waals surface area contributed by atoms with Crippen LogP contribution in [0.15, 0.2) is 55.1 Å². The lowest BCUT2D eigenvalue weighted by molar-refractivity contribution is -0.00545. The lowest BCUT2D eigenvalue weighted by Gasteiger charge is -2.36. The average molecular weight is 443 g/mol. The Kier molecular flexibility index (Phi) is 5.60. The molecule has 1 saturated heterocycles. The van der Waals surface area contributed by atoms with Gasteiger partial charge in [0.1, 0.15) is 5.82 Å². The number of ether oxygens (including phenoxy) is 1. The molecular formula is C25H26N6O2. The topological polar surface area (TPSA) is 86.0 Å². The standard InChI is InChI=1S/C25H26N6O2/c1-16-13-31(14-17(2)33-16)25-8-18(6-7-26-25)24(32)10-21-9-23-19(11-27-21)4-5-22(29-23)20-12-28-30(3)15-20/h4-9,11-12,15-17H,10,13-14H2,1-3H3/t16-,17+. The fraction of sp³-hybridized carbons (Fsp3) is 0.320. The molecule has 0 N–H and O–H groups in total. The third-order valence-electron chi connectivity index (χ3n) is 5.78. The van der Waals surface area contributed by atoms with Gasteiger partial charge in [-0.25, -0.2) is 9.97 Å². The maximum Gasteiger partial charge on any atom is 0.169 e. The summed E-state index contributed by atoms with van der Waals surface area (Å²) in [7, 11) is 1.88. The van der Waals surface area contributed by atoms with Crippen molar-refractivity contribution in [2.24, 2.45) is 7.05 Å². The van der Waals surface area contributed by atoms with E-state index in [1.54, 1.807) is 29.3 Å². The third-order valence-corrected chi connectivity index (χ3v) is 5.78. The first-order valence-electron chi connectivity index (χ1n) is 11.1. The summed E-state index contributed by atoms with van der Waals surface area (Å²) in [6.45, 7) is 5.62. The zero-order chi connectivity index (χ0) is 22.9. The smallest absolute Gasteiger partial charge is 0.169 e. The van der Waals surface area contributed by atoms with E-state index in [0.29, 0.717) is 11.3 Å². The SMILES string of the molecule is C[C@@H]1CN(c2cc(C(=O)Cc3cc4nc(-c5cnn(C)c5)ccc4cn3)ccn2)C[C@H](C)O1. The molecule has 8 heteroatoms. The Bertz CT molecular complexity index is 1310. The molecule has 1 aliphatic rings. The molecule has 5 heterocycles. The van der Waals surface area contributed by atoms with Gasteiger partial charge in [0.2, 0.25) is 0 Å². The van der Waals surface area contributed by atoms with E-state index in [2.05, 4.69) is 33.8 Å². The van der Waals surface area contributed by atoms with Gasteiger partial charge in [0, 0.05) is 55.2 Å². The van der Waals surface area contributed by atoms with Crippen molar-refractivity contribution < 1.29 is 9.53 Å². The van der Waals surface area contributed by atoms with E-state index in [1.165, 1.54) is 0 Å². The van der Waals surface area contributed by atoms with Gasteiger partial charge in [0.15, 0.2) is 5.78 Å². The van der Waals surface area contributed by atoms with Crippen LogP contribution in [-0.4, -0.2) is 55.8 Å². The van der Waals surface area contributed by atoms with Crippen LogP contribution in [-0.2, 0) is 18.2 Å². The van der Waals surface area contributed by atoms with Crippen LogP contribution in [0.4, 0.5) is 5.82 Å². The number of aryl methyl sites for hydroxylation is 1. The number of morpholine rings is 1. The summed E-state index contributed by atoms with van der Waals surface area (Å²) in [4.78, 5) is 29.0. The van der Waals surface area contributed by atoms with Crippen LogP contribution in [0.5, 0.6) is 0 Å². The summed E-state index contributed by atoms with van der Waals surface area (Å²) in [5, 5.41) is 5.15. The summed E-state index contributed by atoms with van der Waals surface area (Å²) < 4.78 is 7.56. The summed E-state index contributed by atoms with van der Waals surface area (Å²) in [5.74, 6) is 0.806. The second-order valence-electron chi connectivity index (χ2n) is 8.63. The maximum atomic E-state index is 13.1. The van der Waals surface area contributed by atoms with Gasteiger partial charge in [0.05, 0.1) is 41.7 Å². The predicted molar refractivity (Wildman–Crippen MR) is 126 cm³/mol. The molecule has 8 nitrogen and oxygen atoms in total. The number of fused-ring (bicyclic) bond motifs is 1. The van der Waals surface area contributed by atoms with Crippen molar-refractivity contribution in [3.05, 3.63) is 66.4 Å². The minimum atomic E-state index is 0.00303. The average Bonchev–Trinajstić information content (AvgIpc) is 3.24. The highest BCUT2D eigenvalue weighted by molar-refractivity contribution is 5.98. The second-order valence-corrected chi connectivity index (χ2v) is 8.63. The molecule has 33 heavy (non-hydrogen) atoms. The molecule has 0 bridgehead atoms. The molecule has 0 radical (unpaired) electrons. The first-order valence-corrected chi connectivity index (χ1v) is 11.1. The molecule has 0 unspecified atom stereocenters. The molecular weight excluding hydrogens is 416 g/mol. The molecule has 0 aliphatic carbocycles. The predicted octanol–water partition coefficient (Wildman–Crippen LogP) is 3.46. The Morgan fingerprint density at radius 2 is 1.91 bits per heavy atom. The number of anilines is 1. The van der Waals surface area contributed by atoms with E-state index in [9.17, 15) is 4.79 Å². The zero-order valence-corrected chi connectivity index (χ0v) is 19.0. The van der Waals surface area contributed by atoms with Crippen molar-refractivity contribution in [1.82, 2.24) is 24.7 Å². The van der Waals surface area contributed by atoms with E-state index < -0.39 is 0 Å². The van der Waals surface area contributed by atoms with Gasteiger partial charge < -0.3 is 9.64 Å². The lowest BCUT2D eigenvalue weighted by atomic mass is 10.1. The highest BCUT2D eigenvalue weighted by Gasteiger charge is 2.23. The number of aromatic nitrogens is 5. The first kappa shape index (κ1) is 21.2. The summed E-state index contributed by atoms with van der Waals surface area (Å²) in [6, 6.07) is 9.47. The highest BCUT2D eigenvalue weighted by Crippen LogP contribution is 2.22. The van der Waals surface area contributed by atoms with Crippen LogP contribution in [0.3, 0.4) is 0 Å². The summed E-state index contributed by atoms with van der Waals surface area (Å²) in [6.07, 6.45) is 7.64.